The number of aliphatic carboxylic acids is 1. The van der Waals surface area contributed by atoms with Crippen LogP contribution in [0.25, 0.3) is 0 Å². The molecule has 0 aliphatic carbocycles. The first kappa shape index (κ1) is 20.3. The van der Waals surface area contributed by atoms with E-state index in [1.807, 2.05) is 6.07 Å². The molecule has 9 heteroatoms. The van der Waals surface area contributed by atoms with Crippen molar-refractivity contribution in [3.05, 3.63) is 35.9 Å². The van der Waals surface area contributed by atoms with Gasteiger partial charge >= 0.3 is 29.6 Å². The number of carbonyl (C=O) groups excluding carboxylic acids is 3. The first-order valence-corrected chi connectivity index (χ1v) is 8.44. The fourth-order valence-electron chi connectivity index (χ4n) is 3.18. The van der Waals surface area contributed by atoms with Crippen LogP contribution in [0.1, 0.15) is 25.5 Å². The van der Waals surface area contributed by atoms with Crippen molar-refractivity contribution in [3.63, 3.8) is 0 Å². The first-order chi connectivity index (χ1) is 11.2. The molecule has 0 bridgehead atoms. The van der Waals surface area contributed by atoms with Crippen molar-refractivity contribution in [1.29, 1.82) is 0 Å². The number of amides is 2. The summed E-state index contributed by atoms with van der Waals surface area (Å²) < 4.78 is -0.680. The van der Waals surface area contributed by atoms with Gasteiger partial charge in [0.15, 0.2) is 0 Å². The number of nitrogens with two attached hydrogens (primary N) is 1. The molecule has 4 atom stereocenters. The topological polar surface area (TPSA) is 116 Å². The molecule has 1 aromatic rings. The van der Waals surface area contributed by atoms with E-state index in [4.69, 9.17) is 5.73 Å². The predicted molar refractivity (Wildman–Crippen MR) is 86.4 cm³/mol. The summed E-state index contributed by atoms with van der Waals surface area (Å²) in [5.41, 5.74) is 6.57. The van der Waals surface area contributed by atoms with Crippen molar-refractivity contribution in [3.8, 4) is 0 Å². The zero-order chi connectivity index (χ0) is 17.6. The van der Waals surface area contributed by atoms with E-state index in [-0.39, 0.29) is 29.6 Å². The maximum atomic E-state index is 12.3. The molecule has 2 fully saturated rings. The Kier molecular flexibility index (Phi) is 5.90. The van der Waals surface area contributed by atoms with E-state index in [0.717, 1.165) is 0 Å². The number of thioether (sulfide) groups is 1. The van der Waals surface area contributed by atoms with Gasteiger partial charge in [-0.2, -0.15) is 0 Å². The Bertz CT molecular complexity index is 700. The minimum absolute atomic E-state index is 0. The zero-order valence-electron chi connectivity index (χ0n) is 14.3. The van der Waals surface area contributed by atoms with Gasteiger partial charge in [0.2, 0.25) is 11.8 Å². The van der Waals surface area contributed by atoms with Gasteiger partial charge in [0.1, 0.15) is 17.5 Å². The van der Waals surface area contributed by atoms with Crippen LogP contribution < -0.4 is 45.7 Å². The molecule has 0 radical (unpaired) electrons. The van der Waals surface area contributed by atoms with Gasteiger partial charge in [0.25, 0.3) is 0 Å². The second kappa shape index (κ2) is 7.28. The van der Waals surface area contributed by atoms with Crippen molar-refractivity contribution in [2.24, 2.45) is 5.73 Å². The number of β-lactam (4-membered cyclic amide) rings is 1. The Morgan fingerprint density at radius 3 is 2.48 bits per heavy atom. The van der Waals surface area contributed by atoms with E-state index >= 15 is 0 Å². The number of hydrogen-bond donors (Lipinski definition) is 2. The number of carbonyl (C=O) groups is 3. The van der Waals surface area contributed by atoms with Gasteiger partial charge in [0.05, 0.1) is 12.0 Å². The Morgan fingerprint density at radius 1 is 1.32 bits per heavy atom. The number of carboxylic acid groups (broad SMARTS) is 1. The second-order valence-corrected chi connectivity index (χ2v) is 8.22. The molecule has 2 saturated heterocycles. The minimum Gasteiger partial charge on any atom is -0.548 e. The SMILES string of the molecule is CC1(C)SC2[C@H](NC(=O)C(N)c3ccccc3)C(=O)N2[C@H]1C(=O)[O-].[Na+]. The minimum atomic E-state index is -1.28. The van der Waals surface area contributed by atoms with Crippen molar-refractivity contribution in [2.75, 3.05) is 0 Å². The van der Waals surface area contributed by atoms with Gasteiger partial charge in [0, 0.05) is 4.75 Å². The van der Waals surface area contributed by atoms with Crippen LogP contribution >= 0.6 is 11.8 Å². The van der Waals surface area contributed by atoms with Crippen LogP contribution in [0.4, 0.5) is 0 Å². The number of carboxylic acids is 1. The number of nitrogens with one attached hydrogen (secondary N) is 1. The van der Waals surface area contributed by atoms with E-state index in [1.54, 1.807) is 38.1 Å². The molecular formula is C16H18N3NaO4S. The van der Waals surface area contributed by atoms with E-state index < -0.39 is 46.0 Å². The average molecular weight is 371 g/mol. The molecule has 2 heterocycles. The van der Waals surface area contributed by atoms with Gasteiger partial charge in [-0.1, -0.05) is 30.3 Å². The summed E-state index contributed by atoms with van der Waals surface area (Å²) in [5.74, 6) is -2.16. The Balaban J connectivity index is 0.00000225. The number of benzene rings is 1. The molecule has 1 aromatic carbocycles. The number of hydrogen-bond acceptors (Lipinski definition) is 6. The monoisotopic (exact) mass is 371 g/mol. The van der Waals surface area contributed by atoms with Gasteiger partial charge in [-0.15, -0.1) is 11.8 Å². The molecule has 0 aromatic heterocycles. The van der Waals surface area contributed by atoms with Crippen molar-refractivity contribution in [2.45, 2.75) is 42.1 Å². The molecule has 2 aliphatic rings. The molecule has 0 saturated carbocycles. The summed E-state index contributed by atoms with van der Waals surface area (Å²) >= 11 is 1.34. The van der Waals surface area contributed by atoms with Gasteiger partial charge in [-0.3, -0.25) is 9.59 Å². The average Bonchev–Trinajstić information content (AvgIpc) is 2.80. The van der Waals surface area contributed by atoms with Crippen LogP contribution in [-0.2, 0) is 14.4 Å². The number of rotatable bonds is 4. The third-order valence-corrected chi connectivity index (χ3v) is 5.97. The fraction of sp³-hybridized carbons (Fsp3) is 0.438. The largest absolute Gasteiger partial charge is 1.00 e. The first-order valence-electron chi connectivity index (χ1n) is 7.56. The van der Waals surface area contributed by atoms with Crippen molar-refractivity contribution < 1.29 is 49.0 Å². The van der Waals surface area contributed by atoms with Gasteiger partial charge in [-0.25, -0.2) is 0 Å². The molecule has 2 aliphatic heterocycles. The molecule has 25 heavy (non-hydrogen) atoms. The number of fused-ring (bicyclic) bond motifs is 1. The van der Waals surface area contributed by atoms with E-state index in [1.165, 1.54) is 16.7 Å². The van der Waals surface area contributed by atoms with Gasteiger partial charge < -0.3 is 25.9 Å². The van der Waals surface area contributed by atoms with Crippen molar-refractivity contribution in [1.82, 2.24) is 10.2 Å². The van der Waals surface area contributed by atoms with Crippen molar-refractivity contribution >= 4 is 29.5 Å². The molecule has 7 nitrogen and oxygen atoms in total. The van der Waals surface area contributed by atoms with Crippen LogP contribution in [0, 0.1) is 0 Å². The molecule has 3 N–H and O–H groups in total. The molecule has 2 unspecified atom stereocenters. The number of nitrogens with zero attached hydrogens (tertiary/aromatic N) is 1. The van der Waals surface area contributed by atoms with Crippen LogP contribution in [0.5, 0.6) is 0 Å². The van der Waals surface area contributed by atoms with Crippen LogP contribution in [0.3, 0.4) is 0 Å². The normalized spacial score (nSPS) is 27.6. The summed E-state index contributed by atoms with van der Waals surface area (Å²) in [6.07, 6.45) is 0. The van der Waals surface area contributed by atoms with E-state index in [0.29, 0.717) is 5.56 Å². The molecular weight excluding hydrogens is 353 g/mol. The summed E-state index contributed by atoms with van der Waals surface area (Å²) in [7, 11) is 0. The summed E-state index contributed by atoms with van der Waals surface area (Å²) in [6.45, 7) is 3.50. The fourth-order valence-corrected chi connectivity index (χ4v) is 4.80. The van der Waals surface area contributed by atoms with Crippen LogP contribution in [-0.4, -0.2) is 44.9 Å². The van der Waals surface area contributed by atoms with Crippen LogP contribution in [0.15, 0.2) is 30.3 Å². The quantitative estimate of drug-likeness (QED) is 0.412. The van der Waals surface area contributed by atoms with Gasteiger partial charge in [-0.05, 0) is 19.4 Å². The third-order valence-electron chi connectivity index (χ3n) is 4.40. The summed E-state index contributed by atoms with van der Waals surface area (Å²) in [4.78, 5) is 37.2. The van der Waals surface area contributed by atoms with E-state index in [2.05, 4.69) is 5.32 Å². The summed E-state index contributed by atoms with van der Waals surface area (Å²) in [5, 5.41) is 13.6. The Labute approximate surface area is 172 Å². The molecule has 3 rings (SSSR count). The predicted octanol–water partition coefficient (Wildman–Crippen LogP) is -4.01. The second-order valence-electron chi connectivity index (χ2n) is 6.45. The summed E-state index contributed by atoms with van der Waals surface area (Å²) in [6, 6.07) is 6.19. The smallest absolute Gasteiger partial charge is 0.548 e. The van der Waals surface area contributed by atoms with E-state index in [9.17, 15) is 19.5 Å². The zero-order valence-corrected chi connectivity index (χ0v) is 17.1. The molecule has 0 spiro atoms. The molecule has 128 valence electrons. The van der Waals surface area contributed by atoms with Crippen LogP contribution in [0.2, 0.25) is 0 Å². The molecule has 2 amide bonds. The Morgan fingerprint density at radius 2 is 1.92 bits per heavy atom. The Hall–Kier alpha value is -1.06. The maximum absolute atomic E-state index is 12.3. The standard InChI is InChI=1S/C16H19N3O4S.Na/c1-16(2)11(15(22)23)19-13(21)10(14(19)24-16)18-12(20)9(17)8-6-4-3-5-7-8;/h3-7,9-11,14H,17H2,1-2H3,(H,18,20)(H,22,23);/q;+1/p-1/t9?,10-,11+,14?;/m1./s1. The third kappa shape index (κ3) is 3.46. The maximum Gasteiger partial charge on any atom is 1.00 e.